The smallest absolute Gasteiger partial charge is 0.238 e. The van der Waals surface area contributed by atoms with Crippen LogP contribution in [0.2, 0.25) is 0 Å². The summed E-state index contributed by atoms with van der Waals surface area (Å²) in [6, 6.07) is 10.2. The molecule has 0 saturated carbocycles. The normalized spacial score (nSPS) is 10.8. The Bertz CT molecular complexity index is 578. The first-order valence-electron chi connectivity index (χ1n) is 6.62. The summed E-state index contributed by atoms with van der Waals surface area (Å²) in [5, 5.41) is 5.03. The van der Waals surface area contributed by atoms with Crippen molar-refractivity contribution < 1.29 is 4.79 Å². The molecule has 0 aliphatic carbocycles. The lowest BCUT2D eigenvalue weighted by Gasteiger charge is -2.16. The lowest BCUT2D eigenvalue weighted by Crippen LogP contribution is -2.29. The van der Waals surface area contributed by atoms with E-state index in [4.69, 9.17) is 0 Å². The second-order valence-electron chi connectivity index (χ2n) is 5.12. The number of nitrogens with one attached hydrogen (secondary N) is 1. The minimum absolute atomic E-state index is 0.0241. The molecular formula is C16H20N2OS. The predicted molar refractivity (Wildman–Crippen MR) is 85.2 cm³/mol. The molecule has 0 fully saturated rings. The van der Waals surface area contributed by atoms with E-state index >= 15 is 0 Å². The lowest BCUT2D eigenvalue weighted by atomic mass is 10.1. The van der Waals surface area contributed by atoms with Gasteiger partial charge >= 0.3 is 0 Å². The lowest BCUT2D eigenvalue weighted by molar-refractivity contribution is -0.117. The Kier molecular flexibility index (Phi) is 4.93. The summed E-state index contributed by atoms with van der Waals surface area (Å²) in [6.07, 6.45) is 0. The van der Waals surface area contributed by atoms with Gasteiger partial charge in [0.25, 0.3) is 0 Å². The molecule has 4 heteroatoms. The molecule has 2 aromatic rings. The minimum atomic E-state index is 0.0241. The zero-order valence-corrected chi connectivity index (χ0v) is 13.0. The van der Waals surface area contributed by atoms with Crippen LogP contribution < -0.4 is 5.32 Å². The van der Waals surface area contributed by atoms with Crippen molar-refractivity contribution in [3.8, 4) is 0 Å². The maximum absolute atomic E-state index is 12.0. The van der Waals surface area contributed by atoms with Crippen molar-refractivity contribution in [1.82, 2.24) is 4.90 Å². The molecule has 0 aliphatic rings. The van der Waals surface area contributed by atoms with E-state index in [9.17, 15) is 4.79 Å². The van der Waals surface area contributed by atoms with Crippen LogP contribution >= 0.6 is 11.3 Å². The molecule has 1 aromatic heterocycles. The number of rotatable bonds is 5. The van der Waals surface area contributed by atoms with Crippen LogP contribution in [0.1, 0.15) is 16.0 Å². The molecule has 20 heavy (non-hydrogen) atoms. The average Bonchev–Trinajstić information content (AvgIpc) is 2.85. The summed E-state index contributed by atoms with van der Waals surface area (Å²) in [7, 11) is 1.96. The minimum Gasteiger partial charge on any atom is -0.325 e. The predicted octanol–water partition coefficient (Wildman–Crippen LogP) is 3.44. The van der Waals surface area contributed by atoms with Gasteiger partial charge < -0.3 is 5.32 Å². The number of hydrogen-bond donors (Lipinski definition) is 1. The highest BCUT2D eigenvalue weighted by Crippen LogP contribution is 2.16. The van der Waals surface area contributed by atoms with Gasteiger partial charge in [-0.3, -0.25) is 9.69 Å². The van der Waals surface area contributed by atoms with Gasteiger partial charge in [-0.1, -0.05) is 23.8 Å². The SMILES string of the molecule is Cc1ccc(NC(=O)CN(C)Cc2cccs2)c(C)c1. The van der Waals surface area contributed by atoms with Crippen LogP contribution in [0.4, 0.5) is 5.69 Å². The second kappa shape index (κ2) is 6.68. The highest BCUT2D eigenvalue weighted by atomic mass is 32.1. The number of nitrogens with zero attached hydrogens (tertiary/aromatic N) is 1. The van der Waals surface area contributed by atoms with Gasteiger partial charge in [0.05, 0.1) is 6.54 Å². The van der Waals surface area contributed by atoms with Crippen molar-refractivity contribution in [3.63, 3.8) is 0 Å². The van der Waals surface area contributed by atoms with Gasteiger partial charge in [0.2, 0.25) is 5.91 Å². The molecule has 0 unspecified atom stereocenters. The van der Waals surface area contributed by atoms with Crippen molar-refractivity contribution in [3.05, 3.63) is 51.7 Å². The molecule has 1 N–H and O–H groups in total. The third kappa shape index (κ3) is 4.18. The fourth-order valence-electron chi connectivity index (χ4n) is 2.11. The Labute approximate surface area is 124 Å². The Morgan fingerprint density at radius 1 is 1.30 bits per heavy atom. The van der Waals surface area contributed by atoms with Crippen molar-refractivity contribution in [2.24, 2.45) is 0 Å². The van der Waals surface area contributed by atoms with Crippen molar-refractivity contribution in [2.45, 2.75) is 20.4 Å². The first kappa shape index (κ1) is 14.8. The first-order valence-corrected chi connectivity index (χ1v) is 7.50. The second-order valence-corrected chi connectivity index (χ2v) is 6.15. The van der Waals surface area contributed by atoms with Crippen molar-refractivity contribution in [2.75, 3.05) is 18.9 Å². The molecular weight excluding hydrogens is 268 g/mol. The van der Waals surface area contributed by atoms with E-state index in [0.29, 0.717) is 6.54 Å². The van der Waals surface area contributed by atoms with Crippen molar-refractivity contribution in [1.29, 1.82) is 0 Å². The van der Waals surface area contributed by atoms with Gasteiger partial charge in [0, 0.05) is 17.1 Å². The maximum atomic E-state index is 12.0. The van der Waals surface area contributed by atoms with Crippen LogP contribution in [0, 0.1) is 13.8 Å². The zero-order valence-electron chi connectivity index (χ0n) is 12.1. The van der Waals surface area contributed by atoms with E-state index in [-0.39, 0.29) is 5.91 Å². The number of thiophene rings is 1. The van der Waals surface area contributed by atoms with Gasteiger partial charge in [-0.25, -0.2) is 0 Å². The number of aryl methyl sites for hydroxylation is 2. The maximum Gasteiger partial charge on any atom is 0.238 e. The van der Waals surface area contributed by atoms with Crippen LogP contribution in [-0.2, 0) is 11.3 Å². The molecule has 0 bridgehead atoms. The van der Waals surface area contributed by atoms with E-state index in [0.717, 1.165) is 17.8 Å². The van der Waals surface area contributed by atoms with E-state index in [1.165, 1.54) is 10.4 Å². The van der Waals surface area contributed by atoms with Crippen LogP contribution in [0.25, 0.3) is 0 Å². The summed E-state index contributed by atoms with van der Waals surface area (Å²) >= 11 is 1.71. The average molecular weight is 288 g/mol. The standard InChI is InChI=1S/C16H20N2OS/c1-12-6-7-15(13(2)9-12)17-16(19)11-18(3)10-14-5-4-8-20-14/h4-9H,10-11H2,1-3H3,(H,17,19). The summed E-state index contributed by atoms with van der Waals surface area (Å²) < 4.78 is 0. The molecule has 1 heterocycles. The summed E-state index contributed by atoms with van der Waals surface area (Å²) in [4.78, 5) is 15.3. The molecule has 0 radical (unpaired) electrons. The van der Waals surface area contributed by atoms with Crippen LogP contribution in [0.5, 0.6) is 0 Å². The monoisotopic (exact) mass is 288 g/mol. The molecule has 1 aromatic carbocycles. The molecule has 0 aliphatic heterocycles. The quantitative estimate of drug-likeness (QED) is 0.914. The number of anilines is 1. The number of amides is 1. The molecule has 106 valence electrons. The largest absolute Gasteiger partial charge is 0.325 e. The highest BCUT2D eigenvalue weighted by Gasteiger charge is 2.09. The van der Waals surface area contributed by atoms with Crippen LogP contribution in [0.3, 0.4) is 0 Å². The summed E-state index contributed by atoms with van der Waals surface area (Å²) in [6.45, 7) is 5.26. The van der Waals surface area contributed by atoms with Crippen LogP contribution in [-0.4, -0.2) is 24.4 Å². The molecule has 1 amide bonds. The topological polar surface area (TPSA) is 32.3 Å². The number of carbonyl (C=O) groups is 1. The van der Waals surface area contributed by atoms with E-state index < -0.39 is 0 Å². The van der Waals surface area contributed by atoms with Crippen molar-refractivity contribution >= 4 is 22.9 Å². The number of carbonyl (C=O) groups excluding carboxylic acids is 1. The van der Waals surface area contributed by atoms with Crippen LogP contribution in [0.15, 0.2) is 35.7 Å². The fraction of sp³-hybridized carbons (Fsp3) is 0.312. The zero-order chi connectivity index (χ0) is 14.5. The van der Waals surface area contributed by atoms with E-state index in [2.05, 4.69) is 22.8 Å². The highest BCUT2D eigenvalue weighted by molar-refractivity contribution is 7.09. The Balaban J connectivity index is 1.88. The third-order valence-corrected chi connectivity index (χ3v) is 3.94. The number of hydrogen-bond acceptors (Lipinski definition) is 3. The summed E-state index contributed by atoms with van der Waals surface area (Å²) in [5.41, 5.74) is 3.19. The van der Waals surface area contributed by atoms with E-state index in [1.54, 1.807) is 11.3 Å². The Morgan fingerprint density at radius 3 is 2.75 bits per heavy atom. The van der Waals surface area contributed by atoms with Gasteiger partial charge in [-0.2, -0.15) is 0 Å². The fourth-order valence-corrected chi connectivity index (χ4v) is 2.90. The van der Waals surface area contributed by atoms with Gasteiger partial charge in [-0.05, 0) is 44.0 Å². The molecule has 2 rings (SSSR count). The number of benzene rings is 1. The summed E-state index contributed by atoms with van der Waals surface area (Å²) in [5.74, 6) is 0.0241. The van der Waals surface area contributed by atoms with Gasteiger partial charge in [0.15, 0.2) is 0 Å². The van der Waals surface area contributed by atoms with E-state index in [1.807, 2.05) is 44.0 Å². The van der Waals surface area contributed by atoms with Gasteiger partial charge in [-0.15, -0.1) is 11.3 Å². The molecule has 0 spiro atoms. The molecule has 3 nitrogen and oxygen atoms in total. The Hall–Kier alpha value is -1.65. The van der Waals surface area contributed by atoms with Gasteiger partial charge in [0.1, 0.15) is 0 Å². The Morgan fingerprint density at radius 2 is 2.10 bits per heavy atom. The third-order valence-electron chi connectivity index (χ3n) is 3.08. The molecule has 0 saturated heterocycles. The first-order chi connectivity index (χ1) is 9.54. The number of likely N-dealkylation sites (N-methyl/N-ethyl adjacent to an activating group) is 1. The molecule has 0 atom stereocenters.